The van der Waals surface area contributed by atoms with E-state index in [1.165, 1.54) is 0 Å². The number of hydrogen-bond acceptors (Lipinski definition) is 5. The van der Waals surface area contributed by atoms with Gasteiger partial charge in [-0.25, -0.2) is 4.98 Å². The molecule has 0 saturated carbocycles. The van der Waals surface area contributed by atoms with Gasteiger partial charge in [-0.3, -0.25) is 9.78 Å². The smallest absolute Gasteiger partial charge is 0.230 e. The number of nitrogens with zero attached hydrogens (tertiary/aromatic N) is 2. The predicted molar refractivity (Wildman–Crippen MR) is 79.1 cm³/mol. The normalized spacial score (nSPS) is 10.4. The van der Waals surface area contributed by atoms with Crippen molar-refractivity contribution in [3.05, 3.63) is 46.2 Å². The third-order valence-corrected chi connectivity index (χ3v) is 4.15. The summed E-state index contributed by atoms with van der Waals surface area (Å²) < 4.78 is 0. The van der Waals surface area contributed by atoms with Gasteiger partial charge in [-0.05, 0) is 18.6 Å². The fourth-order valence-electron chi connectivity index (χ4n) is 1.48. The van der Waals surface area contributed by atoms with E-state index in [1.54, 1.807) is 35.5 Å². The van der Waals surface area contributed by atoms with E-state index in [0.29, 0.717) is 12.3 Å². The Kier molecular flexibility index (Phi) is 5.35. The number of aromatic nitrogens is 2. The van der Waals surface area contributed by atoms with Crippen LogP contribution in [0, 0.1) is 6.92 Å². The van der Waals surface area contributed by atoms with E-state index in [0.717, 1.165) is 22.0 Å². The molecule has 100 valence electrons. The van der Waals surface area contributed by atoms with Crippen molar-refractivity contribution in [2.45, 2.75) is 19.2 Å². The highest BCUT2D eigenvalue weighted by molar-refractivity contribution is 7.99. The minimum absolute atomic E-state index is 0.0424. The summed E-state index contributed by atoms with van der Waals surface area (Å²) in [6, 6.07) is 3.80. The Bertz CT molecular complexity index is 528. The van der Waals surface area contributed by atoms with Crippen molar-refractivity contribution in [1.82, 2.24) is 15.3 Å². The highest BCUT2D eigenvalue weighted by atomic mass is 32.2. The molecule has 0 radical (unpaired) electrons. The molecule has 0 spiro atoms. The van der Waals surface area contributed by atoms with Gasteiger partial charge < -0.3 is 5.32 Å². The molecule has 0 saturated heterocycles. The van der Waals surface area contributed by atoms with Crippen LogP contribution in [0.25, 0.3) is 0 Å². The molecular weight excluding hydrogens is 278 g/mol. The Morgan fingerprint density at radius 1 is 1.53 bits per heavy atom. The molecule has 1 N–H and O–H groups in total. The summed E-state index contributed by atoms with van der Waals surface area (Å²) in [5.41, 5.74) is 2.06. The highest BCUT2D eigenvalue weighted by Gasteiger charge is 2.03. The van der Waals surface area contributed by atoms with E-state index in [9.17, 15) is 4.79 Å². The molecular formula is C13H15N3OS2. The Balaban J connectivity index is 1.65. The molecule has 0 atom stereocenters. The van der Waals surface area contributed by atoms with E-state index >= 15 is 0 Å². The van der Waals surface area contributed by atoms with E-state index < -0.39 is 0 Å². The maximum atomic E-state index is 11.6. The number of thioether (sulfide) groups is 1. The quantitative estimate of drug-likeness (QED) is 0.888. The zero-order valence-corrected chi connectivity index (χ0v) is 12.3. The Morgan fingerprint density at radius 2 is 2.42 bits per heavy atom. The number of hydrogen-bond donors (Lipinski definition) is 1. The van der Waals surface area contributed by atoms with Crippen LogP contribution in [0.5, 0.6) is 0 Å². The predicted octanol–water partition coefficient (Wildman–Crippen LogP) is 2.40. The maximum Gasteiger partial charge on any atom is 0.230 e. The molecule has 0 aromatic carbocycles. The largest absolute Gasteiger partial charge is 0.351 e. The molecule has 19 heavy (non-hydrogen) atoms. The van der Waals surface area contributed by atoms with Crippen LogP contribution in [0.2, 0.25) is 0 Å². The summed E-state index contributed by atoms with van der Waals surface area (Å²) >= 11 is 3.22. The minimum Gasteiger partial charge on any atom is -0.351 e. The number of pyridine rings is 1. The molecule has 4 nitrogen and oxygen atoms in total. The van der Waals surface area contributed by atoms with E-state index in [2.05, 4.69) is 15.3 Å². The van der Waals surface area contributed by atoms with Crippen molar-refractivity contribution in [2.24, 2.45) is 0 Å². The molecule has 0 aliphatic rings. The molecule has 2 aromatic rings. The summed E-state index contributed by atoms with van der Waals surface area (Å²) in [5.74, 6) is 1.28. The third-order valence-electron chi connectivity index (χ3n) is 2.36. The van der Waals surface area contributed by atoms with Crippen LogP contribution in [0.3, 0.4) is 0 Å². The first-order chi connectivity index (χ1) is 9.24. The van der Waals surface area contributed by atoms with E-state index in [-0.39, 0.29) is 5.91 Å². The SMILES string of the molecule is Cc1nc(CSCC(=O)NCc2cccnc2)cs1. The third kappa shape index (κ3) is 5.00. The molecule has 1 amide bonds. The Hall–Kier alpha value is -1.40. The first-order valence-electron chi connectivity index (χ1n) is 5.88. The maximum absolute atomic E-state index is 11.6. The summed E-state index contributed by atoms with van der Waals surface area (Å²) in [6.07, 6.45) is 3.47. The van der Waals surface area contributed by atoms with Crippen molar-refractivity contribution in [3.63, 3.8) is 0 Å². The van der Waals surface area contributed by atoms with Crippen LogP contribution >= 0.6 is 23.1 Å². The van der Waals surface area contributed by atoms with Gasteiger partial charge >= 0.3 is 0 Å². The molecule has 0 aliphatic carbocycles. The van der Waals surface area contributed by atoms with Crippen LogP contribution in [0.15, 0.2) is 29.9 Å². The van der Waals surface area contributed by atoms with Gasteiger partial charge in [0.2, 0.25) is 5.91 Å². The zero-order valence-electron chi connectivity index (χ0n) is 10.6. The van der Waals surface area contributed by atoms with Gasteiger partial charge in [0.25, 0.3) is 0 Å². The summed E-state index contributed by atoms with van der Waals surface area (Å²) in [4.78, 5) is 20.0. The summed E-state index contributed by atoms with van der Waals surface area (Å²) in [7, 11) is 0. The number of thiazole rings is 1. The molecule has 0 unspecified atom stereocenters. The van der Waals surface area contributed by atoms with Crippen molar-refractivity contribution >= 4 is 29.0 Å². The van der Waals surface area contributed by atoms with Gasteiger partial charge in [0.1, 0.15) is 0 Å². The van der Waals surface area contributed by atoms with Gasteiger partial charge in [0.15, 0.2) is 0 Å². The molecule has 6 heteroatoms. The topological polar surface area (TPSA) is 54.9 Å². The average Bonchev–Trinajstić information content (AvgIpc) is 2.83. The first-order valence-corrected chi connectivity index (χ1v) is 7.92. The number of nitrogens with one attached hydrogen (secondary N) is 1. The van der Waals surface area contributed by atoms with Crippen molar-refractivity contribution in [2.75, 3.05) is 5.75 Å². The lowest BCUT2D eigenvalue weighted by molar-refractivity contribution is -0.118. The molecule has 2 heterocycles. The number of carbonyl (C=O) groups excluding carboxylic acids is 1. The number of amides is 1. The Morgan fingerprint density at radius 3 is 3.11 bits per heavy atom. The second-order valence-electron chi connectivity index (χ2n) is 3.99. The van der Waals surface area contributed by atoms with Crippen molar-refractivity contribution < 1.29 is 4.79 Å². The fraction of sp³-hybridized carbons (Fsp3) is 0.308. The molecule has 0 aliphatic heterocycles. The molecule has 0 fully saturated rings. The molecule has 0 bridgehead atoms. The zero-order chi connectivity index (χ0) is 13.5. The van der Waals surface area contributed by atoms with Crippen LogP contribution in [-0.2, 0) is 17.1 Å². The van der Waals surface area contributed by atoms with Gasteiger partial charge in [-0.1, -0.05) is 6.07 Å². The van der Waals surface area contributed by atoms with Crippen LogP contribution in [-0.4, -0.2) is 21.6 Å². The number of carbonyl (C=O) groups is 1. The van der Waals surface area contributed by atoms with E-state index in [1.807, 2.05) is 24.4 Å². The summed E-state index contributed by atoms with van der Waals surface area (Å²) in [6.45, 7) is 2.52. The number of aryl methyl sites for hydroxylation is 1. The second kappa shape index (κ2) is 7.25. The monoisotopic (exact) mass is 293 g/mol. The number of rotatable bonds is 6. The highest BCUT2D eigenvalue weighted by Crippen LogP contribution is 2.14. The summed E-state index contributed by atoms with van der Waals surface area (Å²) in [5, 5.41) is 5.98. The first kappa shape index (κ1) is 14.0. The van der Waals surface area contributed by atoms with Gasteiger partial charge in [-0.2, -0.15) is 0 Å². The van der Waals surface area contributed by atoms with Crippen LogP contribution < -0.4 is 5.32 Å². The lowest BCUT2D eigenvalue weighted by Crippen LogP contribution is -2.24. The average molecular weight is 293 g/mol. The van der Waals surface area contributed by atoms with Crippen molar-refractivity contribution in [3.8, 4) is 0 Å². The molecule has 2 aromatic heterocycles. The van der Waals surface area contributed by atoms with Crippen LogP contribution in [0.4, 0.5) is 0 Å². The Labute approximate surface area is 120 Å². The lowest BCUT2D eigenvalue weighted by atomic mass is 10.3. The lowest BCUT2D eigenvalue weighted by Gasteiger charge is -2.04. The van der Waals surface area contributed by atoms with E-state index in [4.69, 9.17) is 0 Å². The van der Waals surface area contributed by atoms with Crippen molar-refractivity contribution in [1.29, 1.82) is 0 Å². The minimum atomic E-state index is 0.0424. The second-order valence-corrected chi connectivity index (χ2v) is 6.04. The van der Waals surface area contributed by atoms with Gasteiger partial charge in [0.05, 0.1) is 16.5 Å². The van der Waals surface area contributed by atoms with Crippen LogP contribution in [0.1, 0.15) is 16.3 Å². The standard InChI is InChI=1S/C13H15N3OS2/c1-10-16-12(8-19-10)7-18-9-13(17)15-6-11-3-2-4-14-5-11/h2-5,8H,6-7,9H2,1H3,(H,15,17). The van der Waals surface area contributed by atoms with Gasteiger partial charge in [-0.15, -0.1) is 23.1 Å². The molecule has 2 rings (SSSR count). The van der Waals surface area contributed by atoms with Gasteiger partial charge in [0, 0.05) is 30.1 Å². The fourth-order valence-corrected chi connectivity index (χ4v) is 2.94.